The van der Waals surface area contributed by atoms with E-state index in [2.05, 4.69) is 25.3 Å². The van der Waals surface area contributed by atoms with Crippen LogP contribution in [0.5, 0.6) is 0 Å². The van der Waals surface area contributed by atoms with Gasteiger partial charge >= 0.3 is 5.97 Å². The topological polar surface area (TPSA) is 127 Å². The van der Waals surface area contributed by atoms with Gasteiger partial charge in [0, 0.05) is 25.2 Å². The Kier molecular flexibility index (Phi) is 7.07. The predicted molar refractivity (Wildman–Crippen MR) is 122 cm³/mol. The smallest absolute Gasteiger partial charge is 0.338 e. The molecule has 0 spiro atoms. The number of amidine groups is 1. The van der Waals surface area contributed by atoms with E-state index in [1.54, 1.807) is 32.0 Å². The van der Waals surface area contributed by atoms with Crippen LogP contribution < -0.4 is 5.32 Å². The lowest BCUT2D eigenvalue weighted by Crippen LogP contribution is -2.33. The largest absolute Gasteiger partial charge is 0.449 e. The first kappa shape index (κ1) is 23.0. The number of nitrogens with one attached hydrogen (secondary N) is 1. The normalized spacial score (nSPS) is 19.2. The van der Waals surface area contributed by atoms with Crippen molar-refractivity contribution in [2.75, 3.05) is 18.4 Å². The summed E-state index contributed by atoms with van der Waals surface area (Å²) in [7, 11) is 0. The summed E-state index contributed by atoms with van der Waals surface area (Å²) >= 11 is 1.35. The third-order valence-corrected chi connectivity index (χ3v) is 6.50. The summed E-state index contributed by atoms with van der Waals surface area (Å²) in [4.78, 5) is 47.7. The predicted octanol–water partition coefficient (Wildman–Crippen LogP) is 3.11. The fraction of sp³-hybridized carbons (Fsp3) is 0.455. The molecule has 1 saturated heterocycles. The number of thioether (sulfide) groups is 1. The standard InChI is InChI=1S/C22H25N5O5S/c1-13(20-23-14(2)26-32-20)31-21(30)15-7-6-8-16(11-15)24-18(28)12-17-19(29)25-22(33-17)27-9-4-3-5-10-27/h6-8,11,13,17H,3-5,9-10,12H2,1-2H3,(H,24,28). The number of anilines is 1. The lowest BCUT2D eigenvalue weighted by molar-refractivity contribution is -0.121. The minimum Gasteiger partial charge on any atom is -0.449 e. The molecule has 1 N–H and O–H groups in total. The molecule has 1 aromatic carbocycles. The second kappa shape index (κ2) is 10.2. The summed E-state index contributed by atoms with van der Waals surface area (Å²) in [5.74, 6) is -0.537. The van der Waals surface area contributed by atoms with Gasteiger partial charge in [0.2, 0.25) is 5.91 Å². The van der Waals surface area contributed by atoms with E-state index >= 15 is 0 Å². The number of carbonyl (C=O) groups excluding carboxylic acids is 3. The molecule has 11 heteroatoms. The molecule has 2 aliphatic heterocycles. The Bertz CT molecular complexity index is 1080. The van der Waals surface area contributed by atoms with Gasteiger partial charge in [-0.2, -0.15) is 9.98 Å². The van der Waals surface area contributed by atoms with Crippen LogP contribution in [0.4, 0.5) is 5.69 Å². The quantitative estimate of drug-likeness (QED) is 0.632. The van der Waals surface area contributed by atoms with Crippen molar-refractivity contribution in [1.82, 2.24) is 15.0 Å². The van der Waals surface area contributed by atoms with E-state index in [0.29, 0.717) is 16.7 Å². The van der Waals surface area contributed by atoms with Crippen molar-refractivity contribution in [3.8, 4) is 0 Å². The summed E-state index contributed by atoms with van der Waals surface area (Å²) in [5.41, 5.74) is 0.696. The first-order chi connectivity index (χ1) is 15.9. The third kappa shape index (κ3) is 5.78. The molecule has 174 valence electrons. The lowest BCUT2D eigenvalue weighted by atomic mass is 10.1. The highest BCUT2D eigenvalue weighted by Crippen LogP contribution is 2.29. The maximum atomic E-state index is 12.6. The van der Waals surface area contributed by atoms with Crippen LogP contribution >= 0.6 is 11.8 Å². The van der Waals surface area contributed by atoms with Crippen LogP contribution in [-0.2, 0) is 14.3 Å². The summed E-state index contributed by atoms with van der Waals surface area (Å²) in [6.07, 6.45) is 2.66. The average molecular weight is 472 g/mol. The van der Waals surface area contributed by atoms with Crippen LogP contribution in [0.15, 0.2) is 33.8 Å². The lowest BCUT2D eigenvalue weighted by Gasteiger charge is -2.27. The molecular weight excluding hydrogens is 446 g/mol. The molecule has 2 atom stereocenters. The van der Waals surface area contributed by atoms with Crippen molar-refractivity contribution in [3.63, 3.8) is 0 Å². The van der Waals surface area contributed by atoms with Crippen molar-refractivity contribution in [2.24, 2.45) is 4.99 Å². The number of likely N-dealkylation sites (tertiary alicyclic amines) is 1. The molecular formula is C22H25N5O5S. The van der Waals surface area contributed by atoms with Crippen molar-refractivity contribution >= 4 is 40.4 Å². The number of benzene rings is 1. The SMILES string of the molecule is Cc1noc(C(C)OC(=O)c2cccc(NC(=O)CC3SC(N4CCCCC4)=NC3=O)c2)n1. The Hall–Kier alpha value is -3.21. The van der Waals surface area contributed by atoms with Crippen LogP contribution in [-0.4, -0.2) is 56.3 Å². The zero-order chi connectivity index (χ0) is 23.4. The maximum absolute atomic E-state index is 12.6. The molecule has 1 aromatic heterocycles. The first-order valence-electron chi connectivity index (χ1n) is 10.8. The van der Waals surface area contributed by atoms with Gasteiger partial charge in [-0.15, -0.1) is 0 Å². The van der Waals surface area contributed by atoms with E-state index in [1.807, 2.05) is 0 Å². The number of aromatic nitrogens is 2. The Morgan fingerprint density at radius 1 is 1.30 bits per heavy atom. The van der Waals surface area contributed by atoms with Gasteiger partial charge in [-0.3, -0.25) is 9.59 Å². The minimum atomic E-state index is -0.712. The molecule has 33 heavy (non-hydrogen) atoms. The second-order valence-electron chi connectivity index (χ2n) is 7.95. The molecule has 3 heterocycles. The van der Waals surface area contributed by atoms with E-state index in [9.17, 15) is 14.4 Å². The van der Waals surface area contributed by atoms with Crippen LogP contribution in [0, 0.1) is 6.92 Å². The molecule has 2 aromatic rings. The highest BCUT2D eigenvalue weighted by molar-refractivity contribution is 8.15. The van der Waals surface area contributed by atoms with E-state index in [-0.39, 0.29) is 29.7 Å². The number of nitrogens with zero attached hydrogens (tertiary/aromatic N) is 4. The number of rotatable bonds is 6. The Morgan fingerprint density at radius 3 is 2.82 bits per heavy atom. The van der Waals surface area contributed by atoms with Gasteiger partial charge < -0.3 is 19.5 Å². The van der Waals surface area contributed by atoms with Crippen LogP contribution in [0.1, 0.15) is 60.8 Å². The number of amides is 2. The molecule has 10 nitrogen and oxygen atoms in total. The molecule has 4 rings (SSSR count). The second-order valence-corrected chi connectivity index (χ2v) is 9.12. The number of aryl methyl sites for hydroxylation is 1. The van der Waals surface area contributed by atoms with Gasteiger partial charge in [0.25, 0.3) is 11.8 Å². The van der Waals surface area contributed by atoms with Gasteiger partial charge in [0.05, 0.1) is 5.56 Å². The third-order valence-electron chi connectivity index (χ3n) is 5.28. The molecule has 2 aliphatic rings. The number of carbonyl (C=O) groups is 3. The van der Waals surface area contributed by atoms with Gasteiger partial charge in [0.15, 0.2) is 17.1 Å². The summed E-state index contributed by atoms with van der Waals surface area (Å²) in [6, 6.07) is 6.41. The summed E-state index contributed by atoms with van der Waals surface area (Å²) in [5, 5.41) is 6.61. The zero-order valence-electron chi connectivity index (χ0n) is 18.4. The summed E-state index contributed by atoms with van der Waals surface area (Å²) in [6.45, 7) is 5.09. The molecule has 0 saturated carbocycles. The van der Waals surface area contributed by atoms with E-state index < -0.39 is 17.3 Å². The fourth-order valence-corrected chi connectivity index (χ4v) is 4.71. The van der Waals surface area contributed by atoms with E-state index in [0.717, 1.165) is 25.9 Å². The maximum Gasteiger partial charge on any atom is 0.338 e. The Morgan fingerprint density at radius 2 is 2.09 bits per heavy atom. The van der Waals surface area contributed by atoms with Crippen molar-refractivity contribution < 1.29 is 23.6 Å². The Balaban J connectivity index is 1.31. The molecule has 2 unspecified atom stereocenters. The van der Waals surface area contributed by atoms with Gasteiger partial charge in [-0.25, -0.2) is 4.79 Å². The van der Waals surface area contributed by atoms with Gasteiger partial charge in [-0.1, -0.05) is 23.0 Å². The Labute approximate surface area is 195 Å². The number of esters is 1. The molecule has 0 aliphatic carbocycles. The van der Waals surface area contributed by atoms with Gasteiger partial charge in [-0.05, 0) is 51.3 Å². The number of aliphatic imine (C=N–C) groups is 1. The number of ether oxygens (including phenoxy) is 1. The number of hydrogen-bond acceptors (Lipinski definition) is 9. The first-order valence-corrected chi connectivity index (χ1v) is 11.7. The number of hydrogen-bond donors (Lipinski definition) is 1. The highest BCUT2D eigenvalue weighted by Gasteiger charge is 2.33. The molecule has 2 amide bonds. The van der Waals surface area contributed by atoms with Crippen molar-refractivity contribution in [3.05, 3.63) is 41.5 Å². The van der Waals surface area contributed by atoms with E-state index in [4.69, 9.17) is 9.26 Å². The van der Waals surface area contributed by atoms with Crippen molar-refractivity contribution in [2.45, 2.75) is 50.9 Å². The van der Waals surface area contributed by atoms with Crippen LogP contribution in [0.25, 0.3) is 0 Å². The van der Waals surface area contributed by atoms with E-state index in [1.165, 1.54) is 24.2 Å². The monoisotopic (exact) mass is 471 g/mol. The van der Waals surface area contributed by atoms with Crippen LogP contribution in [0.2, 0.25) is 0 Å². The van der Waals surface area contributed by atoms with Crippen LogP contribution in [0.3, 0.4) is 0 Å². The minimum absolute atomic E-state index is 0.00651. The summed E-state index contributed by atoms with van der Waals surface area (Å²) < 4.78 is 10.4. The highest BCUT2D eigenvalue weighted by atomic mass is 32.2. The molecule has 0 radical (unpaired) electrons. The number of piperidine rings is 1. The van der Waals surface area contributed by atoms with Crippen molar-refractivity contribution in [1.29, 1.82) is 0 Å². The zero-order valence-corrected chi connectivity index (χ0v) is 19.3. The van der Waals surface area contributed by atoms with Gasteiger partial charge in [0.1, 0.15) is 5.25 Å². The fourth-order valence-electron chi connectivity index (χ4n) is 3.59. The molecule has 1 fully saturated rings. The molecule has 0 bridgehead atoms. The average Bonchev–Trinajstić information content (AvgIpc) is 3.40.